The number of esters is 1. The van der Waals surface area contributed by atoms with E-state index in [4.69, 9.17) is 16.3 Å². The number of methoxy groups -OCH3 is 1. The minimum Gasteiger partial charge on any atom is -0.467 e. The molecule has 0 aliphatic rings. The molecule has 0 aliphatic heterocycles. The average Bonchev–Trinajstić information content (AvgIpc) is 2.68. The van der Waals surface area contributed by atoms with Crippen LogP contribution < -0.4 is 5.32 Å². The van der Waals surface area contributed by atoms with Crippen LogP contribution >= 0.6 is 11.6 Å². The molecule has 3 rings (SSSR count). The number of hydrogen-bond acceptors (Lipinski definition) is 4. The molecule has 26 heavy (non-hydrogen) atoms. The van der Waals surface area contributed by atoms with Gasteiger partial charge in [-0.3, -0.25) is 9.78 Å². The fourth-order valence-electron chi connectivity index (χ4n) is 2.72. The fourth-order valence-corrected chi connectivity index (χ4v) is 2.84. The molecule has 0 unspecified atom stereocenters. The van der Waals surface area contributed by atoms with Gasteiger partial charge in [0.1, 0.15) is 6.04 Å². The van der Waals surface area contributed by atoms with Gasteiger partial charge < -0.3 is 10.1 Å². The number of para-hydroxylation sites is 1. The van der Waals surface area contributed by atoms with Crippen molar-refractivity contribution in [2.45, 2.75) is 12.5 Å². The fraction of sp³-hybridized carbons (Fsp3) is 0.150. The number of aromatic nitrogens is 1. The van der Waals surface area contributed by atoms with Gasteiger partial charge in [-0.15, -0.1) is 0 Å². The van der Waals surface area contributed by atoms with E-state index in [0.717, 1.165) is 10.9 Å². The van der Waals surface area contributed by atoms with Gasteiger partial charge in [0.2, 0.25) is 0 Å². The minimum absolute atomic E-state index is 0.299. The Bertz CT molecular complexity index is 936. The van der Waals surface area contributed by atoms with Gasteiger partial charge in [0.25, 0.3) is 5.91 Å². The molecule has 0 spiro atoms. The third-order valence-corrected chi connectivity index (χ3v) is 4.27. The van der Waals surface area contributed by atoms with E-state index in [1.54, 1.807) is 30.5 Å². The maximum absolute atomic E-state index is 12.8. The van der Waals surface area contributed by atoms with Crippen LogP contribution in [0.15, 0.2) is 60.8 Å². The Morgan fingerprint density at radius 2 is 1.85 bits per heavy atom. The quantitative estimate of drug-likeness (QED) is 0.701. The van der Waals surface area contributed by atoms with Crippen molar-refractivity contribution in [3.8, 4) is 0 Å². The summed E-state index contributed by atoms with van der Waals surface area (Å²) in [4.78, 5) is 29.2. The largest absolute Gasteiger partial charge is 0.467 e. The summed E-state index contributed by atoms with van der Waals surface area (Å²) >= 11 is 5.89. The second kappa shape index (κ2) is 7.97. The second-order valence-electron chi connectivity index (χ2n) is 5.76. The van der Waals surface area contributed by atoms with Crippen LogP contribution in [0, 0.1) is 0 Å². The van der Waals surface area contributed by atoms with Crippen LogP contribution in [0.5, 0.6) is 0 Å². The van der Waals surface area contributed by atoms with Crippen LogP contribution in [-0.2, 0) is 16.0 Å². The van der Waals surface area contributed by atoms with Gasteiger partial charge in [0, 0.05) is 23.0 Å². The first-order chi connectivity index (χ1) is 12.6. The zero-order valence-corrected chi connectivity index (χ0v) is 14.9. The average molecular weight is 369 g/mol. The molecule has 132 valence electrons. The van der Waals surface area contributed by atoms with Gasteiger partial charge in [-0.1, -0.05) is 41.9 Å². The molecule has 0 bridgehead atoms. The van der Waals surface area contributed by atoms with Crippen molar-refractivity contribution in [3.63, 3.8) is 0 Å². The molecule has 0 saturated heterocycles. The van der Waals surface area contributed by atoms with Gasteiger partial charge in [-0.25, -0.2) is 4.79 Å². The van der Waals surface area contributed by atoms with Gasteiger partial charge in [-0.05, 0) is 29.8 Å². The highest BCUT2D eigenvalue weighted by Crippen LogP contribution is 2.17. The second-order valence-corrected chi connectivity index (χ2v) is 6.20. The molecule has 2 aromatic carbocycles. The molecule has 1 heterocycles. The molecule has 0 aliphatic carbocycles. The molecule has 5 nitrogen and oxygen atoms in total. The van der Waals surface area contributed by atoms with Gasteiger partial charge >= 0.3 is 5.97 Å². The zero-order valence-electron chi connectivity index (χ0n) is 14.1. The molecule has 6 heteroatoms. The third kappa shape index (κ3) is 4.00. The summed E-state index contributed by atoms with van der Waals surface area (Å²) in [6.07, 6.45) is 1.93. The highest BCUT2D eigenvalue weighted by Gasteiger charge is 2.23. The highest BCUT2D eigenvalue weighted by atomic mass is 35.5. The number of benzene rings is 2. The van der Waals surface area contributed by atoms with E-state index >= 15 is 0 Å². The first kappa shape index (κ1) is 17.9. The molecule has 1 amide bonds. The molecule has 0 saturated carbocycles. The van der Waals surface area contributed by atoms with Crippen molar-refractivity contribution in [2.24, 2.45) is 0 Å². The lowest BCUT2D eigenvalue weighted by Gasteiger charge is -2.17. The molecular weight excluding hydrogens is 352 g/mol. The lowest BCUT2D eigenvalue weighted by atomic mass is 10.0. The van der Waals surface area contributed by atoms with Crippen LogP contribution in [0.3, 0.4) is 0 Å². The lowest BCUT2D eigenvalue weighted by Crippen LogP contribution is -2.43. The van der Waals surface area contributed by atoms with E-state index < -0.39 is 12.0 Å². The summed E-state index contributed by atoms with van der Waals surface area (Å²) in [5.41, 5.74) is 1.86. The Hall–Kier alpha value is -2.92. The SMILES string of the molecule is COC(=O)[C@H](Cc1ccc(Cl)cc1)NC(=O)c1cccc2cccnc12. The van der Waals surface area contributed by atoms with Crippen molar-refractivity contribution >= 4 is 34.4 Å². The first-order valence-electron chi connectivity index (χ1n) is 8.05. The van der Waals surface area contributed by atoms with Crippen LogP contribution in [0.2, 0.25) is 5.02 Å². The number of amides is 1. The number of nitrogens with zero attached hydrogens (tertiary/aromatic N) is 1. The Morgan fingerprint density at radius 1 is 1.12 bits per heavy atom. The van der Waals surface area contributed by atoms with E-state index in [1.807, 2.05) is 30.3 Å². The lowest BCUT2D eigenvalue weighted by molar-refractivity contribution is -0.142. The molecule has 3 aromatic rings. The predicted octanol–water partition coefficient (Wildman–Crippen LogP) is 3.40. The van der Waals surface area contributed by atoms with E-state index in [9.17, 15) is 9.59 Å². The number of pyridine rings is 1. The summed E-state index contributed by atoms with van der Waals surface area (Å²) in [6.45, 7) is 0. The van der Waals surface area contributed by atoms with Gasteiger partial charge in [0.05, 0.1) is 18.2 Å². The van der Waals surface area contributed by atoms with Crippen LogP contribution in [0.4, 0.5) is 0 Å². The van der Waals surface area contributed by atoms with Crippen molar-refractivity contribution in [1.82, 2.24) is 10.3 Å². The summed E-state index contributed by atoms with van der Waals surface area (Å²) < 4.78 is 4.84. The molecular formula is C20H17ClN2O3. The molecule has 1 atom stereocenters. The van der Waals surface area contributed by atoms with E-state index in [-0.39, 0.29) is 5.91 Å². The van der Waals surface area contributed by atoms with E-state index in [1.165, 1.54) is 7.11 Å². The number of hydrogen-bond donors (Lipinski definition) is 1. The summed E-state index contributed by atoms with van der Waals surface area (Å²) in [5, 5.41) is 4.21. The standard InChI is InChI=1S/C20H17ClN2O3/c1-26-20(25)17(12-13-7-9-15(21)10-8-13)23-19(24)16-6-2-4-14-5-3-11-22-18(14)16/h2-11,17H,12H2,1H3,(H,23,24)/t17-/m0/s1. The van der Waals surface area contributed by atoms with Gasteiger partial charge in [0.15, 0.2) is 0 Å². The number of fused-ring (bicyclic) bond motifs is 1. The van der Waals surface area contributed by atoms with Crippen molar-refractivity contribution in [3.05, 3.63) is 76.9 Å². The van der Waals surface area contributed by atoms with Crippen molar-refractivity contribution < 1.29 is 14.3 Å². The smallest absolute Gasteiger partial charge is 0.328 e. The highest BCUT2D eigenvalue weighted by molar-refractivity contribution is 6.30. The monoisotopic (exact) mass is 368 g/mol. The number of carbonyl (C=O) groups is 2. The van der Waals surface area contributed by atoms with Crippen LogP contribution in [0.1, 0.15) is 15.9 Å². The Morgan fingerprint density at radius 3 is 2.58 bits per heavy atom. The normalized spacial score (nSPS) is 11.8. The summed E-state index contributed by atoms with van der Waals surface area (Å²) in [6, 6.07) is 15.3. The molecule has 0 fully saturated rings. The van der Waals surface area contributed by atoms with Crippen molar-refractivity contribution in [2.75, 3.05) is 7.11 Å². The molecule has 1 N–H and O–H groups in total. The van der Waals surface area contributed by atoms with Gasteiger partial charge in [-0.2, -0.15) is 0 Å². The topological polar surface area (TPSA) is 68.3 Å². The summed E-state index contributed by atoms with van der Waals surface area (Å²) in [5.74, 6) is -0.889. The van der Waals surface area contributed by atoms with Crippen LogP contribution in [0.25, 0.3) is 10.9 Å². The third-order valence-electron chi connectivity index (χ3n) is 4.02. The maximum atomic E-state index is 12.8. The predicted molar refractivity (Wildman–Crippen MR) is 100 cm³/mol. The number of nitrogens with one attached hydrogen (secondary N) is 1. The molecule has 0 radical (unpaired) electrons. The van der Waals surface area contributed by atoms with E-state index in [0.29, 0.717) is 22.5 Å². The number of carbonyl (C=O) groups excluding carboxylic acids is 2. The first-order valence-corrected chi connectivity index (χ1v) is 8.43. The molecule has 1 aromatic heterocycles. The Balaban J connectivity index is 1.85. The minimum atomic E-state index is -0.812. The van der Waals surface area contributed by atoms with Crippen molar-refractivity contribution in [1.29, 1.82) is 0 Å². The number of halogens is 1. The van der Waals surface area contributed by atoms with Crippen LogP contribution in [-0.4, -0.2) is 30.0 Å². The number of rotatable bonds is 5. The van der Waals surface area contributed by atoms with E-state index in [2.05, 4.69) is 10.3 Å². The Kier molecular flexibility index (Phi) is 5.49. The maximum Gasteiger partial charge on any atom is 0.328 e. The zero-order chi connectivity index (χ0) is 18.5. The number of ether oxygens (including phenoxy) is 1. The Labute approximate surface area is 156 Å². The summed E-state index contributed by atoms with van der Waals surface area (Å²) in [7, 11) is 1.29.